The van der Waals surface area contributed by atoms with Crippen LogP contribution in [0.2, 0.25) is 0 Å². The van der Waals surface area contributed by atoms with Gasteiger partial charge >= 0.3 is 0 Å². The van der Waals surface area contributed by atoms with E-state index < -0.39 is 0 Å². The summed E-state index contributed by atoms with van der Waals surface area (Å²) < 4.78 is 1.84. The fourth-order valence-electron chi connectivity index (χ4n) is 7.15. The predicted octanol–water partition coefficient (Wildman–Crippen LogP) is 4.31. The number of allylic oxidation sites excluding steroid dienone is 2. The SMILES string of the molecule is Cn1nccc1/C=C1\C[C@H]2[C@@H]3CC=C4C[C@@H](O)CC[C@]4(C)[C@H]3CC[C@]2(C)C1=O. The Labute approximate surface area is 167 Å². The van der Waals surface area contributed by atoms with Crippen LogP contribution in [0.4, 0.5) is 0 Å². The topological polar surface area (TPSA) is 55.1 Å². The molecular weight excluding hydrogens is 348 g/mol. The van der Waals surface area contributed by atoms with Crippen LogP contribution in [0.3, 0.4) is 0 Å². The molecule has 0 aliphatic heterocycles. The molecule has 0 bridgehead atoms. The molecule has 1 heterocycles. The van der Waals surface area contributed by atoms with E-state index in [1.54, 1.807) is 6.20 Å². The van der Waals surface area contributed by atoms with Gasteiger partial charge in [-0.15, -0.1) is 0 Å². The van der Waals surface area contributed by atoms with Crippen molar-refractivity contribution in [2.24, 2.45) is 35.6 Å². The average molecular weight is 381 g/mol. The number of hydrogen-bond acceptors (Lipinski definition) is 3. The number of ketones is 1. The van der Waals surface area contributed by atoms with Crippen LogP contribution in [0, 0.1) is 28.6 Å². The van der Waals surface area contributed by atoms with Gasteiger partial charge in [0.25, 0.3) is 0 Å². The van der Waals surface area contributed by atoms with Crippen molar-refractivity contribution in [3.05, 3.63) is 35.2 Å². The standard InChI is InChI=1S/C24H32N2O2/c1-23-9-6-18(27)14-16(23)4-5-19-20(23)7-10-24(2)21(19)13-15(22(24)28)12-17-8-11-25-26(17)3/h4,8,11-12,18-21,27H,5-7,9-10,13-14H2,1-3H3/b15-12+/t18-,19+,20-,21-,23-,24-/m0/s1. The lowest BCUT2D eigenvalue weighted by Crippen LogP contribution is -2.50. The van der Waals surface area contributed by atoms with Crippen molar-refractivity contribution in [3.63, 3.8) is 0 Å². The molecule has 4 aliphatic rings. The lowest BCUT2D eigenvalue weighted by atomic mass is 9.48. The monoisotopic (exact) mass is 380 g/mol. The minimum absolute atomic E-state index is 0.161. The Morgan fingerprint density at radius 1 is 1.18 bits per heavy atom. The van der Waals surface area contributed by atoms with E-state index in [2.05, 4.69) is 31.1 Å². The third-order valence-electron chi connectivity index (χ3n) is 8.90. The summed E-state index contributed by atoms with van der Waals surface area (Å²) in [6.07, 6.45) is 13.1. The first-order chi connectivity index (χ1) is 13.3. The van der Waals surface area contributed by atoms with Crippen LogP contribution < -0.4 is 0 Å². The lowest BCUT2D eigenvalue weighted by Gasteiger charge is -2.56. The van der Waals surface area contributed by atoms with Gasteiger partial charge in [-0.05, 0) is 85.8 Å². The van der Waals surface area contributed by atoms with E-state index in [0.717, 1.165) is 56.2 Å². The molecule has 4 nitrogen and oxygen atoms in total. The van der Waals surface area contributed by atoms with Gasteiger partial charge in [-0.3, -0.25) is 9.48 Å². The van der Waals surface area contributed by atoms with E-state index in [9.17, 15) is 9.90 Å². The van der Waals surface area contributed by atoms with E-state index >= 15 is 0 Å². The maximum atomic E-state index is 13.4. The van der Waals surface area contributed by atoms with Gasteiger partial charge in [0.15, 0.2) is 5.78 Å². The molecule has 5 rings (SSSR count). The zero-order valence-corrected chi connectivity index (χ0v) is 17.3. The number of carbonyl (C=O) groups is 1. The Hall–Kier alpha value is -1.68. The van der Waals surface area contributed by atoms with E-state index in [0.29, 0.717) is 23.5 Å². The fourth-order valence-corrected chi connectivity index (χ4v) is 7.15. The smallest absolute Gasteiger partial charge is 0.165 e. The Morgan fingerprint density at radius 3 is 2.71 bits per heavy atom. The Kier molecular flexibility index (Phi) is 4.04. The van der Waals surface area contributed by atoms with Crippen molar-refractivity contribution in [3.8, 4) is 0 Å². The van der Waals surface area contributed by atoms with Gasteiger partial charge in [0.05, 0.1) is 11.8 Å². The highest BCUT2D eigenvalue weighted by Crippen LogP contribution is 2.64. The van der Waals surface area contributed by atoms with E-state index in [4.69, 9.17) is 0 Å². The minimum atomic E-state index is -0.207. The Morgan fingerprint density at radius 2 is 1.96 bits per heavy atom. The van der Waals surface area contributed by atoms with Crippen molar-refractivity contribution < 1.29 is 9.90 Å². The summed E-state index contributed by atoms with van der Waals surface area (Å²) in [6.45, 7) is 4.67. The molecule has 4 heteroatoms. The van der Waals surface area contributed by atoms with Gasteiger partial charge in [0.2, 0.25) is 0 Å². The van der Waals surface area contributed by atoms with Gasteiger partial charge in [-0.2, -0.15) is 5.10 Å². The first-order valence-corrected chi connectivity index (χ1v) is 10.9. The molecule has 1 N–H and O–H groups in total. The normalized spacial score (nSPS) is 44.1. The molecule has 28 heavy (non-hydrogen) atoms. The third kappa shape index (κ3) is 2.46. The van der Waals surface area contributed by atoms with Gasteiger partial charge in [-0.1, -0.05) is 25.5 Å². The second-order valence-electron chi connectivity index (χ2n) is 10.2. The molecule has 0 amide bonds. The zero-order valence-electron chi connectivity index (χ0n) is 17.3. The summed E-state index contributed by atoms with van der Waals surface area (Å²) >= 11 is 0. The number of aryl methyl sites for hydroxylation is 1. The number of aliphatic hydroxyl groups excluding tert-OH is 1. The summed E-state index contributed by atoms with van der Waals surface area (Å²) in [4.78, 5) is 13.4. The molecule has 0 radical (unpaired) electrons. The number of Topliss-reactive ketones (excluding diaryl/α,β-unsaturated/α-hetero) is 1. The maximum absolute atomic E-state index is 13.4. The molecule has 150 valence electrons. The summed E-state index contributed by atoms with van der Waals surface area (Å²) in [5.41, 5.74) is 3.52. The van der Waals surface area contributed by atoms with Crippen LogP contribution in [0.5, 0.6) is 0 Å². The molecule has 3 saturated carbocycles. The van der Waals surface area contributed by atoms with E-state index in [1.807, 2.05) is 17.8 Å². The van der Waals surface area contributed by atoms with Gasteiger partial charge < -0.3 is 5.11 Å². The molecule has 1 aromatic rings. The van der Waals surface area contributed by atoms with Crippen LogP contribution >= 0.6 is 0 Å². The highest BCUT2D eigenvalue weighted by atomic mass is 16.3. The molecule has 0 saturated heterocycles. The second-order valence-corrected chi connectivity index (χ2v) is 10.2. The number of aromatic nitrogens is 2. The number of hydrogen-bond donors (Lipinski definition) is 1. The molecule has 6 atom stereocenters. The first-order valence-electron chi connectivity index (χ1n) is 10.9. The number of aliphatic hydroxyl groups is 1. The van der Waals surface area contributed by atoms with Crippen molar-refractivity contribution in [1.82, 2.24) is 9.78 Å². The fraction of sp³-hybridized carbons (Fsp3) is 0.667. The van der Waals surface area contributed by atoms with E-state index in [1.165, 1.54) is 5.57 Å². The molecule has 0 aromatic carbocycles. The van der Waals surface area contributed by atoms with Crippen LogP contribution in [0.1, 0.15) is 64.5 Å². The molecule has 0 unspecified atom stereocenters. The van der Waals surface area contributed by atoms with Crippen molar-refractivity contribution >= 4 is 11.9 Å². The van der Waals surface area contributed by atoms with Crippen molar-refractivity contribution in [2.75, 3.05) is 0 Å². The number of rotatable bonds is 1. The summed E-state index contributed by atoms with van der Waals surface area (Å²) in [7, 11) is 1.93. The van der Waals surface area contributed by atoms with Crippen molar-refractivity contribution in [1.29, 1.82) is 0 Å². The zero-order chi connectivity index (χ0) is 19.7. The van der Waals surface area contributed by atoms with Crippen LogP contribution in [0.15, 0.2) is 29.5 Å². The second kappa shape index (κ2) is 6.16. The predicted molar refractivity (Wildman–Crippen MR) is 109 cm³/mol. The van der Waals surface area contributed by atoms with Crippen LogP contribution in [-0.4, -0.2) is 26.8 Å². The summed E-state index contributed by atoms with van der Waals surface area (Å²) in [5, 5.41) is 14.4. The minimum Gasteiger partial charge on any atom is -0.393 e. The van der Waals surface area contributed by atoms with Gasteiger partial charge in [-0.25, -0.2) is 0 Å². The quantitative estimate of drug-likeness (QED) is 0.583. The number of carbonyl (C=O) groups excluding carboxylic acids is 1. The largest absolute Gasteiger partial charge is 0.393 e. The Balaban J connectivity index is 1.49. The molecule has 0 spiro atoms. The molecular formula is C24H32N2O2. The number of fused-ring (bicyclic) bond motifs is 5. The third-order valence-corrected chi connectivity index (χ3v) is 8.90. The lowest BCUT2D eigenvalue weighted by molar-refractivity contribution is -0.130. The van der Waals surface area contributed by atoms with Gasteiger partial charge in [0, 0.05) is 18.7 Å². The Bertz CT molecular complexity index is 881. The number of nitrogens with zero attached hydrogens (tertiary/aromatic N) is 2. The summed E-state index contributed by atoms with van der Waals surface area (Å²) in [5.74, 6) is 2.06. The van der Waals surface area contributed by atoms with Crippen LogP contribution in [0.25, 0.3) is 6.08 Å². The van der Waals surface area contributed by atoms with Crippen molar-refractivity contribution in [2.45, 2.75) is 64.9 Å². The first kappa shape index (κ1) is 18.4. The summed E-state index contributed by atoms with van der Waals surface area (Å²) in [6, 6.07) is 1.98. The molecule has 3 fully saturated rings. The van der Waals surface area contributed by atoms with Gasteiger partial charge in [0.1, 0.15) is 0 Å². The average Bonchev–Trinajstić information content (AvgIpc) is 3.18. The maximum Gasteiger partial charge on any atom is 0.165 e. The highest BCUT2D eigenvalue weighted by molar-refractivity contribution is 6.05. The highest BCUT2D eigenvalue weighted by Gasteiger charge is 2.59. The molecule has 4 aliphatic carbocycles. The van der Waals surface area contributed by atoms with Crippen LogP contribution in [-0.2, 0) is 11.8 Å². The molecule has 1 aromatic heterocycles. The van der Waals surface area contributed by atoms with E-state index in [-0.39, 0.29) is 16.9 Å².